The lowest BCUT2D eigenvalue weighted by atomic mass is 10.1. The number of alkyl halides is 3. The molecular weight excluding hydrogens is 245 g/mol. The van der Waals surface area contributed by atoms with Crippen LogP contribution in [-0.2, 0) is 11.0 Å². The van der Waals surface area contributed by atoms with Crippen LogP contribution in [0.15, 0.2) is 30.4 Å². The van der Waals surface area contributed by atoms with Crippen molar-refractivity contribution in [1.82, 2.24) is 0 Å². The fraction of sp³-hybridized carbons (Fsp3) is 0.167. The first-order chi connectivity index (χ1) is 8.38. The third kappa shape index (κ3) is 3.35. The molecule has 0 saturated carbocycles. The van der Waals surface area contributed by atoms with Crippen molar-refractivity contribution in [3.63, 3.8) is 0 Å². The van der Waals surface area contributed by atoms with Gasteiger partial charge in [0.2, 0.25) is 5.91 Å². The fourth-order valence-corrected chi connectivity index (χ4v) is 1.25. The van der Waals surface area contributed by atoms with Gasteiger partial charge in [-0.2, -0.15) is 18.4 Å². The second-order valence-corrected chi connectivity index (χ2v) is 3.36. The van der Waals surface area contributed by atoms with E-state index >= 15 is 0 Å². The first-order valence-corrected chi connectivity index (χ1v) is 4.93. The molecule has 1 rings (SSSR count). The van der Waals surface area contributed by atoms with Gasteiger partial charge in [0.1, 0.15) is 6.07 Å². The second kappa shape index (κ2) is 5.36. The Kier molecular flexibility index (Phi) is 4.10. The van der Waals surface area contributed by atoms with Crippen molar-refractivity contribution in [3.8, 4) is 6.07 Å². The predicted octanol–water partition coefficient (Wildman–Crippen LogP) is 3.09. The van der Waals surface area contributed by atoms with Crippen molar-refractivity contribution in [2.24, 2.45) is 0 Å². The molecule has 0 bridgehead atoms. The van der Waals surface area contributed by atoms with E-state index in [9.17, 15) is 18.0 Å². The van der Waals surface area contributed by atoms with Gasteiger partial charge in [-0.15, -0.1) is 0 Å². The monoisotopic (exact) mass is 254 g/mol. The first kappa shape index (κ1) is 13.8. The zero-order valence-corrected chi connectivity index (χ0v) is 9.38. The SMILES string of the molecule is C/C=C/C(=O)Nc1ccc(C(F)(F)F)cc1C#N. The van der Waals surface area contributed by atoms with E-state index in [1.54, 1.807) is 13.0 Å². The summed E-state index contributed by atoms with van der Waals surface area (Å²) in [7, 11) is 0. The van der Waals surface area contributed by atoms with Gasteiger partial charge in [0.05, 0.1) is 16.8 Å². The number of rotatable bonds is 2. The molecule has 0 unspecified atom stereocenters. The molecule has 0 spiro atoms. The van der Waals surface area contributed by atoms with Gasteiger partial charge >= 0.3 is 6.18 Å². The number of benzene rings is 1. The van der Waals surface area contributed by atoms with E-state index in [-0.39, 0.29) is 11.3 Å². The maximum Gasteiger partial charge on any atom is 0.416 e. The van der Waals surface area contributed by atoms with Crippen LogP contribution in [-0.4, -0.2) is 5.91 Å². The first-order valence-electron chi connectivity index (χ1n) is 4.93. The zero-order valence-electron chi connectivity index (χ0n) is 9.38. The Bertz CT molecular complexity index is 527. The van der Waals surface area contributed by atoms with Crippen LogP contribution in [0.2, 0.25) is 0 Å². The van der Waals surface area contributed by atoms with Crippen LogP contribution in [0.1, 0.15) is 18.1 Å². The highest BCUT2D eigenvalue weighted by Crippen LogP contribution is 2.31. The van der Waals surface area contributed by atoms with Gasteiger partial charge in [0.15, 0.2) is 0 Å². The average molecular weight is 254 g/mol. The summed E-state index contributed by atoms with van der Waals surface area (Å²) in [5.74, 6) is -0.506. The number of amides is 1. The number of halogens is 3. The fourth-order valence-electron chi connectivity index (χ4n) is 1.25. The van der Waals surface area contributed by atoms with E-state index in [4.69, 9.17) is 5.26 Å². The third-order valence-electron chi connectivity index (χ3n) is 2.04. The van der Waals surface area contributed by atoms with Gasteiger partial charge in [-0.3, -0.25) is 4.79 Å². The lowest BCUT2D eigenvalue weighted by Gasteiger charge is -2.09. The standard InChI is InChI=1S/C12H9F3N2O/c1-2-3-11(18)17-10-5-4-9(12(13,14)15)6-8(10)7-16/h2-6H,1H3,(H,17,18)/b3-2+. The number of anilines is 1. The Labute approximate surface area is 102 Å². The highest BCUT2D eigenvalue weighted by atomic mass is 19.4. The summed E-state index contributed by atoms with van der Waals surface area (Å²) in [6.07, 6.45) is -1.83. The molecule has 0 aliphatic rings. The normalized spacial score (nSPS) is 11.3. The number of nitrogens with zero attached hydrogens (tertiary/aromatic N) is 1. The van der Waals surface area contributed by atoms with Crippen molar-refractivity contribution in [2.45, 2.75) is 13.1 Å². The summed E-state index contributed by atoms with van der Waals surface area (Å²) in [6.45, 7) is 1.62. The van der Waals surface area contributed by atoms with Crippen LogP contribution in [0.4, 0.5) is 18.9 Å². The largest absolute Gasteiger partial charge is 0.416 e. The molecule has 94 valence electrons. The molecule has 0 atom stereocenters. The van der Waals surface area contributed by atoms with Gasteiger partial charge in [0.25, 0.3) is 0 Å². The summed E-state index contributed by atoms with van der Waals surface area (Å²) in [5.41, 5.74) is -1.11. The Morgan fingerprint density at radius 3 is 2.61 bits per heavy atom. The average Bonchev–Trinajstić information content (AvgIpc) is 2.28. The zero-order chi connectivity index (χ0) is 13.8. The molecule has 3 nitrogen and oxygen atoms in total. The maximum absolute atomic E-state index is 12.4. The second-order valence-electron chi connectivity index (χ2n) is 3.36. The molecule has 0 saturated heterocycles. The van der Waals surface area contributed by atoms with Crippen LogP contribution in [0, 0.1) is 11.3 Å². The molecule has 1 N–H and O–H groups in total. The molecular formula is C12H9F3N2O. The minimum absolute atomic E-state index is 0.0496. The van der Waals surface area contributed by atoms with Crippen LogP contribution in [0.3, 0.4) is 0 Å². The predicted molar refractivity (Wildman–Crippen MR) is 59.6 cm³/mol. The van der Waals surface area contributed by atoms with E-state index in [0.29, 0.717) is 6.07 Å². The summed E-state index contributed by atoms with van der Waals surface area (Å²) >= 11 is 0. The topological polar surface area (TPSA) is 52.9 Å². The molecule has 0 aliphatic heterocycles. The lowest BCUT2D eigenvalue weighted by Crippen LogP contribution is -2.11. The molecule has 6 heteroatoms. The highest BCUT2D eigenvalue weighted by molar-refractivity contribution is 6.00. The van der Waals surface area contributed by atoms with E-state index in [1.807, 2.05) is 0 Å². The molecule has 0 fully saturated rings. The summed E-state index contributed by atoms with van der Waals surface area (Å²) < 4.78 is 37.2. The van der Waals surface area contributed by atoms with Crippen molar-refractivity contribution in [2.75, 3.05) is 5.32 Å². The smallest absolute Gasteiger partial charge is 0.321 e. The van der Waals surface area contributed by atoms with Crippen molar-refractivity contribution in [3.05, 3.63) is 41.5 Å². The molecule has 0 radical (unpaired) electrons. The third-order valence-corrected chi connectivity index (χ3v) is 2.04. The number of hydrogen-bond donors (Lipinski definition) is 1. The number of allylic oxidation sites excluding steroid dienone is 1. The van der Waals surface area contributed by atoms with Gasteiger partial charge < -0.3 is 5.32 Å². The van der Waals surface area contributed by atoms with Gasteiger partial charge in [0, 0.05) is 0 Å². The van der Waals surface area contributed by atoms with Crippen LogP contribution >= 0.6 is 0 Å². The summed E-state index contributed by atoms with van der Waals surface area (Å²) in [4.78, 5) is 11.2. The molecule has 0 heterocycles. The van der Waals surface area contributed by atoms with E-state index in [2.05, 4.69) is 5.32 Å². The summed E-state index contributed by atoms with van der Waals surface area (Å²) in [5, 5.41) is 11.1. The Hall–Kier alpha value is -2.29. The molecule has 1 aromatic carbocycles. The maximum atomic E-state index is 12.4. The molecule has 1 amide bonds. The van der Waals surface area contributed by atoms with Gasteiger partial charge in [-0.05, 0) is 31.2 Å². The Balaban J connectivity index is 3.10. The molecule has 1 aromatic rings. The Morgan fingerprint density at radius 2 is 2.11 bits per heavy atom. The van der Waals surface area contributed by atoms with E-state index < -0.39 is 17.6 Å². The molecule has 0 aromatic heterocycles. The van der Waals surface area contributed by atoms with E-state index in [1.165, 1.54) is 12.2 Å². The number of hydrogen-bond acceptors (Lipinski definition) is 2. The van der Waals surface area contributed by atoms with E-state index in [0.717, 1.165) is 12.1 Å². The number of carbonyl (C=O) groups is 1. The number of nitrogens with one attached hydrogen (secondary N) is 1. The van der Waals surface area contributed by atoms with Gasteiger partial charge in [-0.1, -0.05) is 6.08 Å². The highest BCUT2D eigenvalue weighted by Gasteiger charge is 2.31. The molecule has 18 heavy (non-hydrogen) atoms. The van der Waals surface area contributed by atoms with Crippen LogP contribution in [0.25, 0.3) is 0 Å². The number of carbonyl (C=O) groups excluding carboxylic acids is 1. The number of nitriles is 1. The minimum Gasteiger partial charge on any atom is -0.321 e. The molecule has 0 aliphatic carbocycles. The minimum atomic E-state index is -4.52. The summed E-state index contributed by atoms with van der Waals surface area (Å²) in [6, 6.07) is 4.19. The van der Waals surface area contributed by atoms with Crippen molar-refractivity contribution < 1.29 is 18.0 Å². The van der Waals surface area contributed by atoms with Crippen molar-refractivity contribution in [1.29, 1.82) is 5.26 Å². The van der Waals surface area contributed by atoms with Crippen LogP contribution < -0.4 is 5.32 Å². The quantitative estimate of drug-likeness (QED) is 0.824. The van der Waals surface area contributed by atoms with Crippen molar-refractivity contribution >= 4 is 11.6 Å². The van der Waals surface area contributed by atoms with Crippen LogP contribution in [0.5, 0.6) is 0 Å². The lowest BCUT2D eigenvalue weighted by molar-refractivity contribution is -0.137. The van der Waals surface area contributed by atoms with Gasteiger partial charge in [-0.25, -0.2) is 0 Å². The Morgan fingerprint density at radius 1 is 1.44 bits per heavy atom.